The second-order valence-electron chi connectivity index (χ2n) is 5.90. The molecule has 0 amide bonds. The Hall–Kier alpha value is -2.81. The molecule has 3 aromatic rings. The zero-order valence-corrected chi connectivity index (χ0v) is 16.0. The van der Waals surface area contributed by atoms with Crippen LogP contribution < -0.4 is 9.46 Å². The smallest absolute Gasteiger partial charge is 0.264 e. The Bertz CT molecular complexity index is 1070. The van der Waals surface area contributed by atoms with Crippen LogP contribution in [0.15, 0.2) is 33.6 Å². The van der Waals surface area contributed by atoms with Crippen LogP contribution in [0, 0.1) is 20.8 Å². The number of nitrogens with one attached hydrogen (secondary N) is 1. The number of aromatic nitrogens is 3. The van der Waals surface area contributed by atoms with Crippen LogP contribution in [0.2, 0.25) is 0 Å². The molecule has 1 aromatic carbocycles. The molecule has 0 saturated carbocycles. The molecular formula is C17H20N4O4S. The van der Waals surface area contributed by atoms with Gasteiger partial charge < -0.3 is 13.7 Å². The Balaban J connectivity index is 2.14. The highest BCUT2D eigenvalue weighted by molar-refractivity contribution is 7.93. The third-order valence-electron chi connectivity index (χ3n) is 4.25. The Morgan fingerprint density at radius 1 is 1.15 bits per heavy atom. The first kappa shape index (κ1) is 18.0. The summed E-state index contributed by atoms with van der Waals surface area (Å²) >= 11 is 0. The van der Waals surface area contributed by atoms with Gasteiger partial charge in [0.1, 0.15) is 10.6 Å². The molecule has 26 heavy (non-hydrogen) atoms. The van der Waals surface area contributed by atoms with E-state index in [4.69, 9.17) is 9.15 Å². The van der Waals surface area contributed by atoms with Gasteiger partial charge in [0.05, 0.1) is 18.4 Å². The first-order valence-corrected chi connectivity index (χ1v) is 9.36. The van der Waals surface area contributed by atoms with Gasteiger partial charge in [0.15, 0.2) is 0 Å². The van der Waals surface area contributed by atoms with Crippen molar-refractivity contribution in [1.82, 2.24) is 14.8 Å². The summed E-state index contributed by atoms with van der Waals surface area (Å²) in [5.74, 6) is 1.10. The maximum absolute atomic E-state index is 13.1. The lowest BCUT2D eigenvalue weighted by Gasteiger charge is -2.10. The molecule has 0 saturated heterocycles. The van der Waals surface area contributed by atoms with Gasteiger partial charge in [-0.05, 0) is 26.0 Å². The average molecular weight is 376 g/mol. The highest BCUT2D eigenvalue weighted by atomic mass is 32.2. The van der Waals surface area contributed by atoms with Crippen molar-refractivity contribution < 1.29 is 17.6 Å². The van der Waals surface area contributed by atoms with Crippen LogP contribution in [0.4, 0.5) is 5.69 Å². The third kappa shape index (κ3) is 3.05. The van der Waals surface area contributed by atoms with E-state index in [9.17, 15) is 8.42 Å². The van der Waals surface area contributed by atoms with Crippen LogP contribution in [-0.4, -0.2) is 30.3 Å². The SMILES string of the molecule is COc1cccc(NS(=O)(=O)c2c(-c3nnc(C)o3)c(C)n(C)c2C)c1. The summed E-state index contributed by atoms with van der Waals surface area (Å²) in [7, 11) is -0.579. The lowest BCUT2D eigenvalue weighted by atomic mass is 10.2. The monoisotopic (exact) mass is 376 g/mol. The minimum Gasteiger partial charge on any atom is -0.497 e. The molecule has 138 valence electrons. The van der Waals surface area contributed by atoms with Crippen LogP contribution in [0.5, 0.6) is 5.75 Å². The lowest BCUT2D eigenvalue weighted by molar-refractivity contribution is 0.415. The number of hydrogen-bond acceptors (Lipinski definition) is 6. The summed E-state index contributed by atoms with van der Waals surface area (Å²) < 4.78 is 41.3. The zero-order valence-electron chi connectivity index (χ0n) is 15.2. The molecule has 0 bridgehead atoms. The Morgan fingerprint density at radius 3 is 2.50 bits per heavy atom. The van der Waals surface area contributed by atoms with Crippen molar-refractivity contribution in [2.45, 2.75) is 25.7 Å². The average Bonchev–Trinajstić information content (AvgIpc) is 3.11. The first-order chi connectivity index (χ1) is 12.2. The summed E-state index contributed by atoms with van der Waals surface area (Å²) in [6, 6.07) is 6.71. The van der Waals surface area contributed by atoms with Crippen LogP contribution in [0.25, 0.3) is 11.5 Å². The van der Waals surface area contributed by atoms with Gasteiger partial charge in [-0.1, -0.05) is 6.07 Å². The fourth-order valence-electron chi connectivity index (χ4n) is 2.79. The van der Waals surface area contributed by atoms with E-state index in [1.807, 2.05) is 6.92 Å². The van der Waals surface area contributed by atoms with Crippen LogP contribution in [-0.2, 0) is 17.1 Å². The minimum absolute atomic E-state index is 0.115. The molecule has 0 spiro atoms. The number of anilines is 1. The molecule has 0 aliphatic heterocycles. The highest BCUT2D eigenvalue weighted by Gasteiger charge is 2.30. The van der Waals surface area contributed by atoms with E-state index in [1.165, 1.54) is 7.11 Å². The summed E-state index contributed by atoms with van der Waals surface area (Å²) in [6.07, 6.45) is 0. The maximum Gasteiger partial charge on any atom is 0.264 e. The van der Waals surface area contributed by atoms with Crippen molar-refractivity contribution in [3.63, 3.8) is 0 Å². The van der Waals surface area contributed by atoms with Crippen molar-refractivity contribution in [2.75, 3.05) is 11.8 Å². The van der Waals surface area contributed by atoms with E-state index in [1.54, 1.807) is 49.7 Å². The summed E-state index contributed by atoms with van der Waals surface area (Å²) in [6.45, 7) is 5.20. The van der Waals surface area contributed by atoms with E-state index in [-0.39, 0.29) is 10.8 Å². The normalized spacial score (nSPS) is 11.6. The number of nitrogens with zero attached hydrogens (tertiary/aromatic N) is 3. The molecular weight excluding hydrogens is 356 g/mol. The number of sulfonamides is 1. The van der Waals surface area contributed by atoms with E-state index in [0.29, 0.717) is 28.6 Å². The van der Waals surface area contributed by atoms with Gasteiger partial charge in [-0.25, -0.2) is 8.42 Å². The van der Waals surface area contributed by atoms with Gasteiger partial charge in [0.2, 0.25) is 5.89 Å². The molecule has 2 aromatic heterocycles. The molecule has 2 heterocycles. The highest BCUT2D eigenvalue weighted by Crippen LogP contribution is 2.35. The zero-order chi connectivity index (χ0) is 19.1. The van der Waals surface area contributed by atoms with Crippen LogP contribution in [0.1, 0.15) is 17.3 Å². The van der Waals surface area contributed by atoms with Crippen molar-refractivity contribution in [2.24, 2.45) is 7.05 Å². The van der Waals surface area contributed by atoms with Gasteiger partial charge in [0.25, 0.3) is 15.9 Å². The molecule has 0 aliphatic carbocycles. The molecule has 1 N–H and O–H groups in total. The summed E-state index contributed by atoms with van der Waals surface area (Å²) in [5.41, 5.74) is 2.10. The standard InChI is InChI=1S/C17H20N4O4S/c1-10-15(17-19-18-12(3)25-17)16(11(2)21(10)4)26(22,23)20-13-7-6-8-14(9-13)24-5/h6-9,20H,1-5H3. The Labute approximate surface area is 151 Å². The van der Waals surface area contributed by atoms with Crippen molar-refractivity contribution in [3.05, 3.63) is 41.5 Å². The van der Waals surface area contributed by atoms with E-state index in [0.717, 1.165) is 5.69 Å². The number of ether oxygens (including phenoxy) is 1. The number of benzene rings is 1. The Morgan fingerprint density at radius 2 is 1.88 bits per heavy atom. The van der Waals surface area contributed by atoms with Gasteiger partial charge >= 0.3 is 0 Å². The van der Waals surface area contributed by atoms with Gasteiger partial charge in [0, 0.05) is 31.4 Å². The minimum atomic E-state index is -3.89. The number of hydrogen-bond donors (Lipinski definition) is 1. The van der Waals surface area contributed by atoms with Crippen molar-refractivity contribution >= 4 is 15.7 Å². The molecule has 0 radical (unpaired) electrons. The molecule has 9 heteroatoms. The summed E-state index contributed by atoms with van der Waals surface area (Å²) in [4.78, 5) is 0.115. The predicted octanol–water partition coefficient (Wildman–Crippen LogP) is 2.81. The molecule has 8 nitrogen and oxygen atoms in total. The van der Waals surface area contributed by atoms with Gasteiger partial charge in [-0.15, -0.1) is 10.2 Å². The molecule has 0 unspecified atom stereocenters. The topological polar surface area (TPSA) is 99.2 Å². The molecule has 3 rings (SSSR count). The Kier molecular flexibility index (Phi) is 4.49. The fourth-order valence-corrected chi connectivity index (χ4v) is 4.36. The van der Waals surface area contributed by atoms with Crippen molar-refractivity contribution in [3.8, 4) is 17.2 Å². The van der Waals surface area contributed by atoms with Gasteiger partial charge in [-0.2, -0.15) is 0 Å². The predicted molar refractivity (Wildman–Crippen MR) is 96.7 cm³/mol. The summed E-state index contributed by atoms with van der Waals surface area (Å²) in [5, 5.41) is 7.81. The largest absolute Gasteiger partial charge is 0.497 e. The molecule has 0 fully saturated rings. The quantitative estimate of drug-likeness (QED) is 0.735. The number of aryl methyl sites for hydroxylation is 1. The fraction of sp³-hybridized carbons (Fsp3) is 0.294. The van der Waals surface area contributed by atoms with E-state index >= 15 is 0 Å². The van der Waals surface area contributed by atoms with Crippen LogP contribution >= 0.6 is 0 Å². The van der Waals surface area contributed by atoms with E-state index < -0.39 is 10.0 Å². The van der Waals surface area contributed by atoms with E-state index in [2.05, 4.69) is 14.9 Å². The van der Waals surface area contributed by atoms with Crippen molar-refractivity contribution in [1.29, 1.82) is 0 Å². The van der Waals surface area contributed by atoms with Gasteiger partial charge in [-0.3, -0.25) is 4.72 Å². The second kappa shape index (κ2) is 6.49. The number of methoxy groups -OCH3 is 1. The molecule has 0 atom stereocenters. The first-order valence-electron chi connectivity index (χ1n) is 7.88. The lowest BCUT2D eigenvalue weighted by Crippen LogP contribution is -2.15. The third-order valence-corrected chi connectivity index (χ3v) is 5.80. The second-order valence-corrected chi connectivity index (χ2v) is 7.52. The van der Waals surface area contributed by atoms with Crippen LogP contribution in [0.3, 0.4) is 0 Å². The number of rotatable bonds is 5. The maximum atomic E-state index is 13.1. The molecule has 0 aliphatic rings.